The summed E-state index contributed by atoms with van der Waals surface area (Å²) >= 11 is 0. The number of carboxylic acid groups (broad SMARTS) is 1. The first-order valence-electron chi connectivity index (χ1n) is 12.5. The van der Waals surface area contributed by atoms with Crippen molar-refractivity contribution in [3.8, 4) is 0 Å². The molecule has 0 radical (unpaired) electrons. The zero-order valence-corrected chi connectivity index (χ0v) is 21.9. The number of anilines is 2. The minimum absolute atomic E-state index is 0.0496. The number of benzene rings is 1. The lowest BCUT2D eigenvalue weighted by Gasteiger charge is -2.43. The van der Waals surface area contributed by atoms with Gasteiger partial charge in [-0.05, 0) is 37.5 Å². The van der Waals surface area contributed by atoms with Crippen molar-refractivity contribution in [3.05, 3.63) is 23.8 Å². The average molecular weight is 559 g/mol. The number of aliphatic carboxylic acids is 1. The van der Waals surface area contributed by atoms with Gasteiger partial charge in [-0.3, -0.25) is 38.6 Å². The van der Waals surface area contributed by atoms with Crippen LogP contribution in [0, 0.1) is 0 Å². The van der Waals surface area contributed by atoms with E-state index >= 15 is 0 Å². The van der Waals surface area contributed by atoms with Gasteiger partial charge in [-0.25, -0.2) is 5.01 Å². The monoisotopic (exact) mass is 558 g/mol. The fourth-order valence-electron chi connectivity index (χ4n) is 4.53. The van der Waals surface area contributed by atoms with Gasteiger partial charge >= 0.3 is 5.97 Å². The van der Waals surface area contributed by atoms with E-state index in [1.54, 1.807) is 0 Å². The van der Waals surface area contributed by atoms with Crippen LogP contribution in [0.5, 0.6) is 0 Å². The lowest BCUT2D eigenvalue weighted by molar-refractivity contribution is -0.176. The molecule has 0 spiro atoms. The van der Waals surface area contributed by atoms with Gasteiger partial charge in [0.25, 0.3) is 11.8 Å². The first kappa shape index (κ1) is 29.7. The van der Waals surface area contributed by atoms with E-state index in [0.29, 0.717) is 6.42 Å². The van der Waals surface area contributed by atoms with Crippen LogP contribution in [0.3, 0.4) is 0 Å². The van der Waals surface area contributed by atoms with Crippen LogP contribution in [0.1, 0.15) is 56.3 Å². The van der Waals surface area contributed by atoms with Gasteiger partial charge in [0.2, 0.25) is 23.6 Å². The topological polar surface area (TPSA) is 211 Å². The third kappa shape index (κ3) is 7.18. The molecule has 2 aliphatic heterocycles. The van der Waals surface area contributed by atoms with E-state index in [9.17, 15) is 38.4 Å². The summed E-state index contributed by atoms with van der Waals surface area (Å²) in [6.07, 6.45) is -0.0114. The van der Waals surface area contributed by atoms with E-state index in [0.717, 1.165) is 10.0 Å². The lowest BCUT2D eigenvalue weighted by atomic mass is 10.0. The summed E-state index contributed by atoms with van der Waals surface area (Å²) in [6.45, 7) is 2.69. The van der Waals surface area contributed by atoms with E-state index < -0.39 is 66.0 Å². The Morgan fingerprint density at radius 3 is 2.35 bits per heavy atom. The molecule has 214 valence electrons. The zero-order valence-electron chi connectivity index (χ0n) is 21.9. The highest BCUT2D eigenvalue weighted by Crippen LogP contribution is 2.26. The molecule has 2 aliphatic rings. The van der Waals surface area contributed by atoms with Gasteiger partial charge < -0.3 is 31.2 Å². The summed E-state index contributed by atoms with van der Waals surface area (Å²) in [5.41, 5.74) is 0.459. The van der Waals surface area contributed by atoms with E-state index in [-0.39, 0.29) is 49.0 Å². The number of rotatable bonds is 9. The number of carboxylic acids is 1. The molecule has 5 N–H and O–H groups in total. The predicted molar refractivity (Wildman–Crippen MR) is 137 cm³/mol. The number of carbonyl (C=O) groups excluding carboxylic acids is 7. The van der Waals surface area contributed by atoms with Crippen molar-refractivity contribution in [2.24, 2.45) is 0 Å². The fraction of sp³-hybridized carbons (Fsp3) is 0.440. The van der Waals surface area contributed by atoms with Gasteiger partial charge in [-0.2, -0.15) is 0 Å². The van der Waals surface area contributed by atoms with Crippen molar-refractivity contribution in [3.63, 3.8) is 0 Å². The van der Waals surface area contributed by atoms with Crippen LogP contribution in [-0.2, 0) is 33.6 Å². The molecule has 1 aromatic carbocycles. The molecule has 1 aromatic rings. The van der Waals surface area contributed by atoms with Crippen LogP contribution >= 0.6 is 0 Å². The van der Waals surface area contributed by atoms with Crippen molar-refractivity contribution >= 4 is 59.1 Å². The number of aldehydes is 1. The minimum Gasteiger partial charge on any atom is -0.481 e. The highest BCUT2D eigenvalue weighted by molar-refractivity contribution is 6.04. The van der Waals surface area contributed by atoms with Gasteiger partial charge in [-0.15, -0.1) is 0 Å². The number of fused-ring (bicyclic) bond motifs is 1. The normalized spacial score (nSPS) is 19.4. The molecule has 2 heterocycles. The Bertz CT molecular complexity index is 1250. The molecule has 3 atom stereocenters. The number of hydrogen-bond acceptors (Lipinski definition) is 8. The van der Waals surface area contributed by atoms with Crippen LogP contribution in [-0.4, -0.2) is 87.5 Å². The Morgan fingerprint density at radius 2 is 1.73 bits per heavy atom. The van der Waals surface area contributed by atoms with E-state index in [1.165, 1.54) is 32.0 Å². The second kappa shape index (κ2) is 12.8. The maximum atomic E-state index is 13.6. The highest BCUT2D eigenvalue weighted by atomic mass is 16.4. The summed E-state index contributed by atoms with van der Waals surface area (Å²) < 4.78 is 0. The third-order valence-electron chi connectivity index (χ3n) is 6.26. The Morgan fingerprint density at radius 1 is 1.05 bits per heavy atom. The second-order valence-electron chi connectivity index (χ2n) is 9.39. The smallest absolute Gasteiger partial charge is 0.305 e. The molecule has 2 saturated heterocycles. The first-order valence-corrected chi connectivity index (χ1v) is 12.5. The quantitative estimate of drug-likeness (QED) is 0.244. The number of carbonyl (C=O) groups is 8. The lowest BCUT2D eigenvalue weighted by Crippen LogP contribution is -2.64. The summed E-state index contributed by atoms with van der Waals surface area (Å²) in [6, 6.07) is 0.376. The molecule has 0 aromatic heterocycles. The molecule has 0 saturated carbocycles. The average Bonchev–Trinajstić information content (AvgIpc) is 3.00. The Hall–Kier alpha value is -4.82. The summed E-state index contributed by atoms with van der Waals surface area (Å²) in [4.78, 5) is 97.9. The molecule has 0 bridgehead atoms. The van der Waals surface area contributed by atoms with Crippen LogP contribution in [0.2, 0.25) is 0 Å². The number of hydrazine groups is 1. The molecular formula is C25H30N6O9. The Kier molecular flexibility index (Phi) is 9.53. The van der Waals surface area contributed by atoms with Gasteiger partial charge in [0.1, 0.15) is 18.4 Å². The largest absolute Gasteiger partial charge is 0.481 e. The standard InChI is InChI=1S/C25H30N6O9/c1-13(33)26-17-6-5-15(10-19(17)27-14(2)34)23(38)29-18-7-8-21(35)30-9-3-4-20(31(30)25(18)40)24(39)28-16(12-32)11-22(36)37/h5-6,10,12,16,18,20H,3-4,7-9,11H2,1-2H3,(H,26,33)(H,27,34)(H,28,39)(H,29,38)(H,36,37). The van der Waals surface area contributed by atoms with Gasteiger partial charge in [0, 0.05) is 32.4 Å². The predicted octanol–water partition coefficient (Wildman–Crippen LogP) is -0.611. The number of amides is 6. The highest BCUT2D eigenvalue weighted by Gasteiger charge is 2.45. The summed E-state index contributed by atoms with van der Waals surface area (Å²) in [7, 11) is 0. The zero-order chi connectivity index (χ0) is 29.6. The third-order valence-corrected chi connectivity index (χ3v) is 6.26. The SMILES string of the molecule is CC(=O)Nc1ccc(C(=O)NC2CCC(=O)N3CCCC(C(=O)NC(C=O)CC(=O)O)N3C2=O)cc1NC(C)=O. The number of nitrogens with zero attached hydrogens (tertiary/aromatic N) is 2. The molecule has 40 heavy (non-hydrogen) atoms. The molecule has 3 rings (SSSR count). The minimum atomic E-state index is -1.33. The molecule has 3 unspecified atom stereocenters. The van der Waals surface area contributed by atoms with E-state index in [2.05, 4.69) is 21.3 Å². The fourth-order valence-corrected chi connectivity index (χ4v) is 4.53. The Balaban J connectivity index is 1.84. The van der Waals surface area contributed by atoms with E-state index in [4.69, 9.17) is 5.11 Å². The second-order valence-corrected chi connectivity index (χ2v) is 9.39. The van der Waals surface area contributed by atoms with E-state index in [1.807, 2.05) is 0 Å². The van der Waals surface area contributed by atoms with Crippen molar-refractivity contribution in [2.75, 3.05) is 17.2 Å². The molecule has 2 fully saturated rings. The van der Waals surface area contributed by atoms with Gasteiger partial charge in [-0.1, -0.05) is 0 Å². The van der Waals surface area contributed by atoms with Crippen LogP contribution < -0.4 is 21.3 Å². The molecule has 0 aliphatic carbocycles. The van der Waals surface area contributed by atoms with Crippen molar-refractivity contribution < 1.29 is 43.5 Å². The molecule has 15 heteroatoms. The number of nitrogens with one attached hydrogen (secondary N) is 4. The van der Waals surface area contributed by atoms with Gasteiger partial charge in [0.15, 0.2) is 0 Å². The molecular weight excluding hydrogens is 528 g/mol. The van der Waals surface area contributed by atoms with Crippen LogP contribution in [0.25, 0.3) is 0 Å². The van der Waals surface area contributed by atoms with Crippen LogP contribution in [0.15, 0.2) is 18.2 Å². The van der Waals surface area contributed by atoms with Gasteiger partial charge in [0.05, 0.1) is 23.8 Å². The van der Waals surface area contributed by atoms with Crippen molar-refractivity contribution in [1.29, 1.82) is 0 Å². The summed E-state index contributed by atoms with van der Waals surface area (Å²) in [5, 5.41) is 21.0. The molecule has 6 amide bonds. The summed E-state index contributed by atoms with van der Waals surface area (Å²) in [5.74, 6) is -4.82. The first-order chi connectivity index (χ1) is 18.9. The molecule has 15 nitrogen and oxygen atoms in total. The van der Waals surface area contributed by atoms with Crippen LogP contribution in [0.4, 0.5) is 11.4 Å². The Labute approximate surface area is 228 Å². The number of hydrogen-bond donors (Lipinski definition) is 5. The van der Waals surface area contributed by atoms with Crippen molar-refractivity contribution in [2.45, 2.75) is 64.1 Å². The maximum Gasteiger partial charge on any atom is 0.305 e. The van der Waals surface area contributed by atoms with Crippen molar-refractivity contribution in [1.82, 2.24) is 20.7 Å². The maximum absolute atomic E-state index is 13.6.